The van der Waals surface area contributed by atoms with E-state index in [4.69, 9.17) is 0 Å². The Bertz CT molecular complexity index is 577. The standard InChI is InChI=1S/4C7H11.Ti/c4*1-2-7-4-3-6(1)5-7;/h4*6H,1-5H2;. The first-order valence-corrected chi connectivity index (χ1v) is 17.3. The summed E-state index contributed by atoms with van der Waals surface area (Å²) in [4.78, 5) is 0. The van der Waals surface area contributed by atoms with Gasteiger partial charge in [0.05, 0.1) is 0 Å². The third kappa shape index (κ3) is 1.87. The zero-order valence-corrected chi connectivity index (χ0v) is 20.5. The van der Waals surface area contributed by atoms with Gasteiger partial charge in [-0.15, -0.1) is 0 Å². The summed E-state index contributed by atoms with van der Waals surface area (Å²) in [6, 6.07) is 0. The molecule has 0 aromatic rings. The molecule has 8 saturated carbocycles. The second-order valence-electron chi connectivity index (χ2n) is 14.5. The van der Waals surface area contributed by atoms with Crippen molar-refractivity contribution in [3.05, 3.63) is 0 Å². The van der Waals surface area contributed by atoms with Crippen molar-refractivity contribution in [2.24, 2.45) is 23.7 Å². The molecular formula is C28H44Ti. The van der Waals surface area contributed by atoms with Gasteiger partial charge in [0.15, 0.2) is 0 Å². The van der Waals surface area contributed by atoms with E-state index in [1.807, 2.05) is 0 Å². The van der Waals surface area contributed by atoms with E-state index in [1.54, 1.807) is 128 Å². The van der Waals surface area contributed by atoms with Crippen molar-refractivity contribution in [1.82, 2.24) is 0 Å². The van der Waals surface area contributed by atoms with Gasteiger partial charge in [0.1, 0.15) is 0 Å². The molecule has 0 radical (unpaired) electrons. The fraction of sp³-hybridized carbons (Fsp3) is 1.00. The first-order valence-electron chi connectivity index (χ1n) is 14.1. The van der Waals surface area contributed by atoms with Crippen molar-refractivity contribution in [2.75, 3.05) is 0 Å². The van der Waals surface area contributed by atoms with E-state index in [0.29, 0.717) is 0 Å². The molecule has 8 rings (SSSR count). The number of hydrogen-bond acceptors (Lipinski definition) is 0. The summed E-state index contributed by atoms with van der Waals surface area (Å²) >= 11 is -2.29. The van der Waals surface area contributed by atoms with E-state index >= 15 is 0 Å². The maximum atomic E-state index is 1.78. The maximum absolute atomic E-state index is 2.29. The van der Waals surface area contributed by atoms with Crippen LogP contribution in [0.15, 0.2) is 0 Å². The Labute approximate surface area is 183 Å². The molecule has 29 heavy (non-hydrogen) atoms. The second-order valence-corrected chi connectivity index (χ2v) is 23.4. The summed E-state index contributed by atoms with van der Waals surface area (Å²) in [7, 11) is 0. The molecule has 0 nitrogen and oxygen atoms in total. The molecule has 8 aliphatic carbocycles. The van der Waals surface area contributed by atoms with Crippen molar-refractivity contribution < 1.29 is 16.6 Å². The fourth-order valence-electron chi connectivity index (χ4n) is 14.3. The first-order chi connectivity index (χ1) is 14.1. The number of rotatable bonds is 4. The Hall–Kier alpha value is 0.714. The Morgan fingerprint density at radius 2 is 0.552 bits per heavy atom. The summed E-state index contributed by atoms with van der Waals surface area (Å²) in [5.74, 6) is 4.72. The molecule has 0 aromatic heterocycles. The molecule has 0 atom stereocenters. The second kappa shape index (κ2) is 5.61. The molecule has 8 fully saturated rings. The van der Waals surface area contributed by atoms with Crippen LogP contribution in [0.3, 0.4) is 0 Å². The van der Waals surface area contributed by atoms with Gasteiger partial charge in [0.25, 0.3) is 0 Å². The predicted molar refractivity (Wildman–Crippen MR) is 117 cm³/mol. The summed E-state index contributed by atoms with van der Waals surface area (Å²) < 4.78 is 3.90. The summed E-state index contributed by atoms with van der Waals surface area (Å²) in [5, 5.41) is 0. The molecule has 0 aliphatic heterocycles. The minimum atomic E-state index is -2.29. The van der Waals surface area contributed by atoms with Gasteiger partial charge in [0, 0.05) is 0 Å². The van der Waals surface area contributed by atoms with E-state index in [1.165, 1.54) is 23.7 Å². The van der Waals surface area contributed by atoms with Crippen LogP contribution in [0.5, 0.6) is 0 Å². The van der Waals surface area contributed by atoms with Gasteiger partial charge in [-0.05, 0) is 0 Å². The third-order valence-electron chi connectivity index (χ3n) is 14.1. The average molecular weight is 429 g/mol. The molecule has 8 aliphatic rings. The van der Waals surface area contributed by atoms with Gasteiger partial charge in [-0.25, -0.2) is 0 Å². The summed E-state index contributed by atoms with van der Waals surface area (Å²) in [5.41, 5.74) is 0. The van der Waals surface area contributed by atoms with Crippen LogP contribution in [0.1, 0.15) is 128 Å². The average Bonchev–Trinajstić information content (AvgIpc) is 3.59. The van der Waals surface area contributed by atoms with Gasteiger partial charge in [-0.1, -0.05) is 0 Å². The van der Waals surface area contributed by atoms with Crippen molar-refractivity contribution in [3.63, 3.8) is 0 Å². The third-order valence-corrected chi connectivity index (χ3v) is 28.5. The van der Waals surface area contributed by atoms with Gasteiger partial charge >= 0.3 is 184 Å². The molecule has 0 N–H and O–H groups in total. The van der Waals surface area contributed by atoms with Crippen LogP contribution in [0.25, 0.3) is 0 Å². The molecule has 8 bridgehead atoms. The quantitative estimate of drug-likeness (QED) is 0.392. The van der Waals surface area contributed by atoms with Crippen molar-refractivity contribution in [1.29, 1.82) is 0 Å². The molecule has 0 aromatic carbocycles. The number of fused-ring (bicyclic) bond motifs is 8. The Balaban J connectivity index is 1.44. The number of hydrogen-bond donors (Lipinski definition) is 0. The van der Waals surface area contributed by atoms with E-state index in [-0.39, 0.29) is 0 Å². The van der Waals surface area contributed by atoms with E-state index in [9.17, 15) is 0 Å². The van der Waals surface area contributed by atoms with E-state index in [2.05, 4.69) is 0 Å². The van der Waals surface area contributed by atoms with Crippen LogP contribution in [-0.2, 0) is 16.6 Å². The first kappa shape index (κ1) is 18.2. The molecule has 0 amide bonds. The SMILES string of the molecule is C1C[C]2([Ti]([C]34CCC(CC3)C4)([C]34CCC(CC3)C4)[C]34CCC(CC3)C4)CCC1C2. The van der Waals surface area contributed by atoms with Gasteiger partial charge in [-0.2, -0.15) is 0 Å². The van der Waals surface area contributed by atoms with Gasteiger partial charge in [0.2, 0.25) is 0 Å². The molecular weight excluding hydrogens is 384 g/mol. The Kier molecular flexibility index (Phi) is 3.51. The molecule has 0 spiro atoms. The zero-order chi connectivity index (χ0) is 19.0. The van der Waals surface area contributed by atoms with Crippen molar-refractivity contribution in [2.45, 2.75) is 143 Å². The van der Waals surface area contributed by atoms with Gasteiger partial charge in [-0.3, -0.25) is 0 Å². The van der Waals surface area contributed by atoms with Crippen LogP contribution in [0.2, 0.25) is 14.9 Å². The fourth-order valence-corrected chi connectivity index (χ4v) is 35.0. The topological polar surface area (TPSA) is 0 Å². The van der Waals surface area contributed by atoms with E-state index in [0.717, 1.165) is 14.9 Å². The molecule has 0 heterocycles. The normalized spacial score (nSPS) is 61.2. The van der Waals surface area contributed by atoms with Crippen LogP contribution in [-0.4, -0.2) is 0 Å². The van der Waals surface area contributed by atoms with Crippen molar-refractivity contribution in [3.8, 4) is 0 Å². The predicted octanol–water partition coefficient (Wildman–Crippen LogP) is 9.15. The molecule has 160 valence electrons. The zero-order valence-electron chi connectivity index (χ0n) is 19.0. The van der Waals surface area contributed by atoms with Crippen LogP contribution < -0.4 is 0 Å². The minimum absolute atomic E-state index is 0.975. The van der Waals surface area contributed by atoms with E-state index < -0.39 is 16.6 Å². The summed E-state index contributed by atoms with van der Waals surface area (Å²) in [6.45, 7) is 0. The monoisotopic (exact) mass is 428 g/mol. The van der Waals surface area contributed by atoms with Crippen LogP contribution in [0.4, 0.5) is 0 Å². The Morgan fingerprint density at radius 1 is 0.345 bits per heavy atom. The van der Waals surface area contributed by atoms with Crippen molar-refractivity contribution >= 4 is 0 Å². The molecule has 0 unspecified atom stereocenters. The van der Waals surface area contributed by atoms with Gasteiger partial charge < -0.3 is 0 Å². The molecule has 0 saturated heterocycles. The summed E-state index contributed by atoms with van der Waals surface area (Å²) in [6.07, 6.45) is 34.5. The molecule has 1 heteroatoms. The van der Waals surface area contributed by atoms with Crippen LogP contribution in [0, 0.1) is 23.7 Å². The van der Waals surface area contributed by atoms with Crippen LogP contribution >= 0.6 is 0 Å². The Morgan fingerprint density at radius 3 is 0.690 bits per heavy atom.